The molecule has 0 amide bonds. The number of esters is 1. The fraction of sp³-hybridized carbons (Fsp3) is 0.526. The Balaban J connectivity index is 1.65. The lowest BCUT2D eigenvalue weighted by molar-refractivity contribution is -0.148. The van der Waals surface area contributed by atoms with Crippen molar-refractivity contribution in [3.63, 3.8) is 0 Å². The van der Waals surface area contributed by atoms with E-state index in [1.165, 1.54) is 0 Å². The molecule has 0 radical (unpaired) electrons. The summed E-state index contributed by atoms with van der Waals surface area (Å²) >= 11 is 0. The molecular formula is C19H26N4O3. The van der Waals surface area contributed by atoms with Gasteiger partial charge in [-0.05, 0) is 31.9 Å². The van der Waals surface area contributed by atoms with Gasteiger partial charge < -0.3 is 14.4 Å². The van der Waals surface area contributed by atoms with Crippen LogP contribution in [0.5, 0.6) is 0 Å². The van der Waals surface area contributed by atoms with E-state index in [0.717, 1.165) is 42.9 Å². The van der Waals surface area contributed by atoms with Crippen molar-refractivity contribution in [1.29, 1.82) is 0 Å². The molecule has 0 saturated carbocycles. The largest absolute Gasteiger partial charge is 0.466 e. The summed E-state index contributed by atoms with van der Waals surface area (Å²) in [6.07, 6.45) is 7.55. The number of nitrogens with zero attached hydrogens (tertiary/aromatic N) is 4. The van der Waals surface area contributed by atoms with E-state index in [1.54, 1.807) is 7.11 Å². The van der Waals surface area contributed by atoms with E-state index >= 15 is 0 Å². The second kappa shape index (κ2) is 8.80. The molecule has 7 nitrogen and oxygen atoms in total. The summed E-state index contributed by atoms with van der Waals surface area (Å²) in [6, 6.07) is 4.06. The Morgan fingerprint density at radius 3 is 2.92 bits per heavy atom. The Kier molecular flexibility index (Phi) is 6.22. The number of pyridine rings is 1. The van der Waals surface area contributed by atoms with Crippen LogP contribution in [0.25, 0.3) is 11.1 Å². The first kappa shape index (κ1) is 18.4. The van der Waals surface area contributed by atoms with Gasteiger partial charge in [-0.2, -0.15) is 5.10 Å². The molecule has 2 aromatic heterocycles. The van der Waals surface area contributed by atoms with Crippen molar-refractivity contribution < 1.29 is 14.3 Å². The average molecular weight is 358 g/mol. The number of hydrogen-bond acceptors (Lipinski definition) is 6. The predicted molar refractivity (Wildman–Crippen MR) is 98.9 cm³/mol. The zero-order valence-corrected chi connectivity index (χ0v) is 15.4. The average Bonchev–Trinajstić information content (AvgIpc) is 3.16. The Morgan fingerprint density at radius 2 is 2.19 bits per heavy atom. The lowest BCUT2D eigenvalue weighted by Gasteiger charge is -2.32. The van der Waals surface area contributed by atoms with E-state index in [4.69, 9.17) is 9.47 Å². The van der Waals surface area contributed by atoms with Crippen LogP contribution in [0.1, 0.15) is 19.8 Å². The van der Waals surface area contributed by atoms with Crippen LogP contribution in [0.4, 0.5) is 5.82 Å². The van der Waals surface area contributed by atoms with Crippen LogP contribution in [0.15, 0.2) is 30.7 Å². The first-order valence-corrected chi connectivity index (χ1v) is 9.10. The maximum Gasteiger partial charge on any atom is 0.310 e. The number of aromatic nitrogens is 3. The van der Waals surface area contributed by atoms with Gasteiger partial charge in [0.15, 0.2) is 0 Å². The van der Waals surface area contributed by atoms with Crippen LogP contribution in [0, 0.1) is 5.92 Å². The molecule has 0 spiro atoms. The normalized spacial score (nSPS) is 17.3. The minimum atomic E-state index is -0.0997. The molecule has 1 aliphatic rings. The summed E-state index contributed by atoms with van der Waals surface area (Å²) < 4.78 is 12.1. The van der Waals surface area contributed by atoms with E-state index in [1.807, 2.05) is 42.3 Å². The van der Waals surface area contributed by atoms with Crippen molar-refractivity contribution in [2.24, 2.45) is 5.92 Å². The van der Waals surface area contributed by atoms with Crippen molar-refractivity contribution in [3.05, 3.63) is 30.7 Å². The van der Waals surface area contributed by atoms with Crippen LogP contribution in [0.2, 0.25) is 0 Å². The number of anilines is 1. The van der Waals surface area contributed by atoms with Gasteiger partial charge in [0.2, 0.25) is 0 Å². The van der Waals surface area contributed by atoms with Gasteiger partial charge in [-0.1, -0.05) is 0 Å². The smallest absolute Gasteiger partial charge is 0.310 e. The highest BCUT2D eigenvalue weighted by Gasteiger charge is 2.27. The topological polar surface area (TPSA) is 69.5 Å². The van der Waals surface area contributed by atoms with Gasteiger partial charge in [0, 0.05) is 43.7 Å². The maximum absolute atomic E-state index is 12.0. The van der Waals surface area contributed by atoms with Gasteiger partial charge in [0.05, 0.1) is 31.9 Å². The van der Waals surface area contributed by atoms with Crippen molar-refractivity contribution >= 4 is 11.8 Å². The molecule has 26 heavy (non-hydrogen) atoms. The molecule has 0 N–H and O–H groups in total. The molecule has 1 aliphatic heterocycles. The molecule has 140 valence electrons. The lowest BCUT2D eigenvalue weighted by Crippen LogP contribution is -2.39. The molecule has 0 bridgehead atoms. The minimum absolute atomic E-state index is 0.0656. The number of carbonyl (C=O) groups is 1. The van der Waals surface area contributed by atoms with Crippen LogP contribution < -0.4 is 4.90 Å². The van der Waals surface area contributed by atoms with E-state index in [-0.39, 0.29) is 11.9 Å². The van der Waals surface area contributed by atoms with Crippen molar-refractivity contribution in [2.45, 2.75) is 26.3 Å². The van der Waals surface area contributed by atoms with Crippen molar-refractivity contribution in [1.82, 2.24) is 14.8 Å². The third kappa shape index (κ3) is 4.40. The highest BCUT2D eigenvalue weighted by molar-refractivity contribution is 5.73. The summed E-state index contributed by atoms with van der Waals surface area (Å²) in [5.74, 6) is 0.732. The Hall–Kier alpha value is -2.41. The minimum Gasteiger partial charge on any atom is -0.466 e. The van der Waals surface area contributed by atoms with Crippen molar-refractivity contribution in [3.8, 4) is 11.1 Å². The van der Waals surface area contributed by atoms with Gasteiger partial charge in [-0.25, -0.2) is 4.98 Å². The summed E-state index contributed by atoms with van der Waals surface area (Å²) in [5, 5.41) is 4.34. The lowest BCUT2D eigenvalue weighted by atomic mass is 9.98. The van der Waals surface area contributed by atoms with E-state index < -0.39 is 0 Å². The fourth-order valence-electron chi connectivity index (χ4n) is 3.20. The third-order valence-corrected chi connectivity index (χ3v) is 4.60. The Labute approximate surface area is 153 Å². The van der Waals surface area contributed by atoms with Gasteiger partial charge >= 0.3 is 5.97 Å². The number of methoxy groups -OCH3 is 1. The molecule has 0 aromatic carbocycles. The van der Waals surface area contributed by atoms with Crippen LogP contribution >= 0.6 is 0 Å². The SMILES string of the molecule is CCOC(=O)[C@H]1CCCN(c2ccc(-c3cnn(CCOC)c3)cn2)C1. The summed E-state index contributed by atoms with van der Waals surface area (Å²) in [6.45, 7) is 5.22. The molecule has 2 aromatic rings. The zero-order chi connectivity index (χ0) is 18.4. The quantitative estimate of drug-likeness (QED) is 0.708. The molecule has 7 heteroatoms. The maximum atomic E-state index is 12.0. The first-order valence-electron chi connectivity index (χ1n) is 9.10. The molecule has 3 heterocycles. The second-order valence-electron chi connectivity index (χ2n) is 6.43. The molecular weight excluding hydrogens is 332 g/mol. The number of rotatable bonds is 7. The van der Waals surface area contributed by atoms with E-state index in [9.17, 15) is 4.79 Å². The molecule has 1 atom stereocenters. The molecule has 0 unspecified atom stereocenters. The van der Waals surface area contributed by atoms with Crippen LogP contribution in [-0.2, 0) is 20.8 Å². The Morgan fingerprint density at radius 1 is 1.31 bits per heavy atom. The number of ether oxygens (including phenoxy) is 2. The highest BCUT2D eigenvalue weighted by Crippen LogP contribution is 2.25. The summed E-state index contributed by atoms with van der Waals surface area (Å²) in [5.41, 5.74) is 2.06. The Bertz CT molecular complexity index is 714. The van der Waals surface area contributed by atoms with Crippen LogP contribution in [0.3, 0.4) is 0 Å². The third-order valence-electron chi connectivity index (χ3n) is 4.60. The van der Waals surface area contributed by atoms with Crippen LogP contribution in [-0.4, -0.2) is 54.1 Å². The fourth-order valence-corrected chi connectivity index (χ4v) is 3.20. The zero-order valence-electron chi connectivity index (χ0n) is 15.4. The van der Waals surface area contributed by atoms with Gasteiger partial charge in [-0.15, -0.1) is 0 Å². The molecule has 3 rings (SSSR count). The standard InChI is InChI=1S/C19H26N4O3/c1-3-26-19(24)16-5-4-8-22(13-16)18-7-6-15(11-20-18)17-12-21-23(14-17)9-10-25-2/h6-7,11-12,14,16H,3-5,8-10,13H2,1-2H3/t16-/m0/s1. The predicted octanol–water partition coefficient (Wildman–Crippen LogP) is 2.37. The number of piperidine rings is 1. The monoisotopic (exact) mass is 358 g/mol. The van der Waals surface area contributed by atoms with E-state index in [2.05, 4.69) is 15.0 Å². The number of hydrogen-bond donors (Lipinski definition) is 0. The van der Waals surface area contributed by atoms with Gasteiger partial charge in [0.25, 0.3) is 0 Å². The summed E-state index contributed by atoms with van der Waals surface area (Å²) in [7, 11) is 1.68. The van der Waals surface area contributed by atoms with Gasteiger partial charge in [-0.3, -0.25) is 9.48 Å². The van der Waals surface area contributed by atoms with E-state index in [0.29, 0.717) is 19.8 Å². The van der Waals surface area contributed by atoms with Crippen molar-refractivity contribution in [2.75, 3.05) is 38.3 Å². The number of carbonyl (C=O) groups excluding carboxylic acids is 1. The molecule has 0 aliphatic carbocycles. The molecule has 1 fully saturated rings. The molecule has 1 saturated heterocycles. The highest BCUT2D eigenvalue weighted by atomic mass is 16.5. The summed E-state index contributed by atoms with van der Waals surface area (Å²) in [4.78, 5) is 18.8. The van der Waals surface area contributed by atoms with Gasteiger partial charge in [0.1, 0.15) is 5.82 Å². The first-order chi connectivity index (χ1) is 12.7. The second-order valence-corrected chi connectivity index (χ2v) is 6.43.